The number of anilines is 1. The molecule has 2 N–H and O–H groups in total. The van der Waals surface area contributed by atoms with Crippen LogP contribution in [0.15, 0.2) is 36.7 Å². The van der Waals surface area contributed by atoms with Gasteiger partial charge in [-0.05, 0) is 30.2 Å². The summed E-state index contributed by atoms with van der Waals surface area (Å²) in [6.07, 6.45) is 5.46. The van der Waals surface area contributed by atoms with E-state index in [1.807, 2.05) is 30.3 Å². The lowest BCUT2D eigenvalue weighted by molar-refractivity contribution is -0.122. The predicted octanol–water partition coefficient (Wildman–Crippen LogP) is 2.75. The Kier molecular flexibility index (Phi) is 5.88. The van der Waals surface area contributed by atoms with E-state index in [9.17, 15) is 9.59 Å². The normalized spacial score (nSPS) is 18.7. The van der Waals surface area contributed by atoms with E-state index < -0.39 is 0 Å². The Labute approximate surface area is 159 Å². The van der Waals surface area contributed by atoms with E-state index in [0.717, 1.165) is 31.2 Å². The lowest BCUT2D eigenvalue weighted by Gasteiger charge is -2.34. The van der Waals surface area contributed by atoms with Gasteiger partial charge in [-0.2, -0.15) is 0 Å². The van der Waals surface area contributed by atoms with Gasteiger partial charge in [-0.3, -0.25) is 14.9 Å². The van der Waals surface area contributed by atoms with Crippen LogP contribution in [0.4, 0.5) is 5.95 Å². The van der Waals surface area contributed by atoms with Gasteiger partial charge >= 0.3 is 0 Å². The Balaban J connectivity index is 1.48. The Morgan fingerprint density at radius 2 is 2.04 bits per heavy atom. The Bertz CT molecular complexity index is 785. The lowest BCUT2D eigenvalue weighted by atomic mass is 9.72. The molecule has 0 aliphatic heterocycles. The first-order valence-corrected chi connectivity index (χ1v) is 9.42. The highest BCUT2D eigenvalue weighted by molar-refractivity contribution is 5.91. The third-order valence-corrected chi connectivity index (χ3v) is 4.99. The number of aromatic nitrogens is 3. The maximum atomic E-state index is 12.5. The first-order valence-electron chi connectivity index (χ1n) is 9.42. The van der Waals surface area contributed by atoms with Crippen molar-refractivity contribution in [3.63, 3.8) is 0 Å². The fourth-order valence-corrected chi connectivity index (χ4v) is 3.56. The van der Waals surface area contributed by atoms with Gasteiger partial charge in [0.05, 0.1) is 0 Å². The number of rotatable bonds is 6. The molecule has 144 valence electrons. The molecule has 0 radical (unpaired) electrons. The van der Waals surface area contributed by atoms with E-state index >= 15 is 0 Å². The van der Waals surface area contributed by atoms with Crippen LogP contribution in [0.25, 0.3) is 0 Å². The van der Waals surface area contributed by atoms with E-state index in [2.05, 4.69) is 34.6 Å². The summed E-state index contributed by atoms with van der Waals surface area (Å²) in [5.41, 5.74) is 1.23. The zero-order chi connectivity index (χ0) is 19.3. The number of benzene rings is 1. The van der Waals surface area contributed by atoms with Crippen LogP contribution in [0, 0.1) is 11.3 Å². The van der Waals surface area contributed by atoms with Crippen molar-refractivity contribution in [2.24, 2.45) is 11.3 Å². The Hall–Kier alpha value is -2.70. The van der Waals surface area contributed by atoms with Crippen LogP contribution >= 0.6 is 0 Å². The number of hydrogen-bond acceptors (Lipinski definition) is 4. The first-order chi connectivity index (χ1) is 12.9. The van der Waals surface area contributed by atoms with Gasteiger partial charge in [0.2, 0.25) is 17.8 Å². The van der Waals surface area contributed by atoms with Crippen LogP contribution in [0.2, 0.25) is 0 Å². The van der Waals surface area contributed by atoms with Gasteiger partial charge in [0, 0.05) is 12.5 Å². The molecule has 7 nitrogen and oxygen atoms in total. The van der Waals surface area contributed by atoms with E-state index in [-0.39, 0.29) is 35.6 Å². The molecule has 1 heterocycles. The summed E-state index contributed by atoms with van der Waals surface area (Å²) in [6, 6.07) is 9.71. The summed E-state index contributed by atoms with van der Waals surface area (Å²) in [7, 11) is 0. The molecule has 1 atom stereocenters. The third-order valence-electron chi connectivity index (χ3n) is 4.99. The van der Waals surface area contributed by atoms with Crippen LogP contribution in [-0.2, 0) is 22.7 Å². The van der Waals surface area contributed by atoms with Gasteiger partial charge in [-0.25, -0.2) is 9.67 Å². The summed E-state index contributed by atoms with van der Waals surface area (Å²) in [5.74, 6) is 0.0545. The smallest absolute Gasteiger partial charge is 0.248 e. The average molecular weight is 369 g/mol. The molecule has 1 fully saturated rings. The van der Waals surface area contributed by atoms with Crippen molar-refractivity contribution in [2.75, 3.05) is 5.32 Å². The van der Waals surface area contributed by atoms with Crippen molar-refractivity contribution in [3.05, 3.63) is 42.2 Å². The summed E-state index contributed by atoms with van der Waals surface area (Å²) in [6.45, 7) is 4.93. The second-order valence-corrected chi connectivity index (χ2v) is 7.97. The zero-order valence-electron chi connectivity index (χ0n) is 15.9. The molecule has 2 amide bonds. The van der Waals surface area contributed by atoms with Crippen molar-refractivity contribution in [1.29, 1.82) is 0 Å². The highest BCUT2D eigenvalue weighted by Gasteiger charge is 2.32. The Morgan fingerprint density at radius 3 is 2.78 bits per heavy atom. The molecule has 7 heteroatoms. The maximum absolute atomic E-state index is 12.5. The second kappa shape index (κ2) is 8.33. The van der Waals surface area contributed by atoms with Crippen LogP contribution in [0.5, 0.6) is 0 Å². The van der Waals surface area contributed by atoms with Crippen LogP contribution < -0.4 is 10.6 Å². The number of nitrogens with zero attached hydrogens (tertiary/aromatic N) is 3. The molecule has 1 aromatic carbocycles. The molecule has 0 unspecified atom stereocenters. The molecule has 27 heavy (non-hydrogen) atoms. The fourth-order valence-electron chi connectivity index (χ4n) is 3.56. The van der Waals surface area contributed by atoms with Gasteiger partial charge < -0.3 is 5.32 Å². The molecule has 3 rings (SSSR count). The topological polar surface area (TPSA) is 88.9 Å². The molecular formula is C20H27N5O2. The molecule has 0 spiro atoms. The lowest BCUT2D eigenvalue weighted by Crippen LogP contribution is -2.32. The minimum absolute atomic E-state index is 0.00475. The quantitative estimate of drug-likeness (QED) is 0.819. The molecule has 1 aliphatic carbocycles. The third kappa shape index (κ3) is 5.64. The van der Waals surface area contributed by atoms with Gasteiger partial charge in [0.1, 0.15) is 12.9 Å². The number of carbonyl (C=O) groups excluding carboxylic acids is 2. The largest absolute Gasteiger partial charge is 0.350 e. The van der Waals surface area contributed by atoms with Crippen molar-refractivity contribution >= 4 is 17.8 Å². The predicted molar refractivity (Wildman–Crippen MR) is 103 cm³/mol. The molecule has 2 aromatic rings. The van der Waals surface area contributed by atoms with Crippen molar-refractivity contribution in [1.82, 2.24) is 20.1 Å². The number of hydrogen-bond donors (Lipinski definition) is 2. The molecule has 1 saturated carbocycles. The summed E-state index contributed by atoms with van der Waals surface area (Å²) in [5, 5.41) is 9.82. The van der Waals surface area contributed by atoms with Gasteiger partial charge in [0.15, 0.2) is 0 Å². The van der Waals surface area contributed by atoms with Crippen LogP contribution in [0.1, 0.15) is 45.1 Å². The van der Waals surface area contributed by atoms with E-state index in [0.29, 0.717) is 6.54 Å². The van der Waals surface area contributed by atoms with E-state index in [1.54, 1.807) is 0 Å². The van der Waals surface area contributed by atoms with Gasteiger partial charge in [-0.15, -0.1) is 5.10 Å². The fraction of sp³-hybridized carbons (Fsp3) is 0.500. The molecular weight excluding hydrogens is 342 g/mol. The average Bonchev–Trinajstić information content (AvgIpc) is 3.06. The highest BCUT2D eigenvalue weighted by Crippen LogP contribution is 2.38. The number of nitrogens with one attached hydrogen (secondary N) is 2. The number of amides is 2. The van der Waals surface area contributed by atoms with Gasteiger partial charge in [0.25, 0.3) is 0 Å². The Morgan fingerprint density at radius 1 is 1.26 bits per heavy atom. The minimum atomic E-state index is -0.157. The number of carbonyl (C=O) groups is 2. The molecule has 0 saturated heterocycles. The minimum Gasteiger partial charge on any atom is -0.350 e. The van der Waals surface area contributed by atoms with E-state index in [1.165, 1.54) is 11.0 Å². The second-order valence-electron chi connectivity index (χ2n) is 7.97. The standard InChI is InChI=1S/C20H27N5O2/c1-20(2)10-6-9-16(11-20)18(27)23-19-22-14-25(24-19)13-17(26)21-12-15-7-4-3-5-8-15/h3-5,7-8,14,16H,6,9-13H2,1-2H3,(H,21,26)(H,23,24,27)/t16-/m1/s1. The van der Waals surface area contributed by atoms with Crippen molar-refractivity contribution in [2.45, 2.75) is 52.6 Å². The van der Waals surface area contributed by atoms with E-state index in [4.69, 9.17) is 0 Å². The molecule has 1 aliphatic rings. The van der Waals surface area contributed by atoms with Crippen molar-refractivity contribution in [3.8, 4) is 0 Å². The maximum Gasteiger partial charge on any atom is 0.248 e. The SMILES string of the molecule is CC1(C)CCC[C@@H](C(=O)Nc2ncn(CC(=O)NCc3ccccc3)n2)C1. The van der Waals surface area contributed by atoms with Gasteiger partial charge in [-0.1, -0.05) is 50.6 Å². The summed E-state index contributed by atoms with van der Waals surface area (Å²) in [4.78, 5) is 28.6. The van der Waals surface area contributed by atoms with Crippen molar-refractivity contribution < 1.29 is 9.59 Å². The zero-order valence-corrected chi connectivity index (χ0v) is 15.9. The molecule has 0 bridgehead atoms. The molecule has 1 aromatic heterocycles. The summed E-state index contributed by atoms with van der Waals surface area (Å²) >= 11 is 0. The first kappa shape index (κ1) is 19.1. The van der Waals surface area contributed by atoms with Crippen LogP contribution in [0.3, 0.4) is 0 Å². The monoisotopic (exact) mass is 369 g/mol. The van der Waals surface area contributed by atoms with Crippen LogP contribution in [-0.4, -0.2) is 26.6 Å². The summed E-state index contributed by atoms with van der Waals surface area (Å²) < 4.78 is 1.43. The highest BCUT2D eigenvalue weighted by atomic mass is 16.2.